The zero-order valence-corrected chi connectivity index (χ0v) is 16.3. The van der Waals surface area contributed by atoms with Crippen molar-refractivity contribution in [1.82, 2.24) is 5.32 Å². The Hall–Kier alpha value is -2.71. The van der Waals surface area contributed by atoms with Crippen LogP contribution in [0.2, 0.25) is 0 Å². The molecule has 1 aliphatic heterocycles. The van der Waals surface area contributed by atoms with Gasteiger partial charge < -0.3 is 20.7 Å². The van der Waals surface area contributed by atoms with Crippen molar-refractivity contribution in [2.45, 2.75) is 32.0 Å². The number of hydrogen-bond acceptors (Lipinski definition) is 4. The number of benzene rings is 2. The average molecular weight is 426 g/mol. The molecule has 1 saturated heterocycles. The van der Waals surface area contributed by atoms with Crippen LogP contribution in [0.3, 0.4) is 0 Å². The number of rotatable bonds is 6. The van der Waals surface area contributed by atoms with Gasteiger partial charge in [0.15, 0.2) is 0 Å². The van der Waals surface area contributed by atoms with E-state index >= 15 is 0 Å². The molecule has 2 aromatic rings. The van der Waals surface area contributed by atoms with Crippen LogP contribution in [0.4, 0.5) is 14.5 Å². The highest BCUT2D eigenvalue weighted by molar-refractivity contribution is 6.02. The Labute approximate surface area is 173 Å². The first kappa shape index (κ1) is 22.6. The molecule has 9 heteroatoms. The van der Waals surface area contributed by atoms with Crippen molar-refractivity contribution in [3.63, 3.8) is 0 Å². The number of nitrogens with two attached hydrogens (primary N) is 1. The Morgan fingerprint density at radius 2 is 1.83 bits per heavy atom. The Morgan fingerprint density at radius 1 is 1.17 bits per heavy atom. The maximum absolute atomic E-state index is 12.8. The van der Waals surface area contributed by atoms with Crippen molar-refractivity contribution in [1.29, 1.82) is 0 Å². The molecule has 0 radical (unpaired) electrons. The summed E-state index contributed by atoms with van der Waals surface area (Å²) < 4.78 is 28.8. The molecule has 3 rings (SSSR count). The van der Waals surface area contributed by atoms with Crippen molar-refractivity contribution in [3.8, 4) is 5.75 Å². The maximum atomic E-state index is 12.8. The van der Waals surface area contributed by atoms with Crippen LogP contribution in [0.1, 0.15) is 28.8 Å². The summed E-state index contributed by atoms with van der Waals surface area (Å²) in [4.78, 5) is 26.8. The number of carbonyl (C=O) groups is 2. The molecule has 0 aliphatic carbocycles. The molecule has 1 atom stereocenters. The molecular formula is C20H22ClF2N3O3. The Kier molecular flexibility index (Phi) is 7.92. The van der Waals surface area contributed by atoms with Crippen LogP contribution in [0.15, 0.2) is 48.5 Å². The number of amides is 2. The van der Waals surface area contributed by atoms with Gasteiger partial charge >= 0.3 is 6.61 Å². The highest BCUT2D eigenvalue weighted by atomic mass is 35.5. The Balaban J connectivity index is 0.00000300. The van der Waals surface area contributed by atoms with E-state index in [1.807, 2.05) is 0 Å². The fourth-order valence-corrected chi connectivity index (χ4v) is 3.11. The van der Waals surface area contributed by atoms with Crippen LogP contribution < -0.4 is 20.7 Å². The van der Waals surface area contributed by atoms with Crippen LogP contribution in [-0.4, -0.2) is 31.0 Å². The van der Waals surface area contributed by atoms with Crippen molar-refractivity contribution < 1.29 is 23.1 Å². The summed E-state index contributed by atoms with van der Waals surface area (Å²) in [7, 11) is 0. The maximum Gasteiger partial charge on any atom is 0.387 e. The van der Waals surface area contributed by atoms with Crippen LogP contribution in [0.25, 0.3) is 0 Å². The lowest BCUT2D eigenvalue weighted by Gasteiger charge is -2.32. The third kappa shape index (κ3) is 5.65. The van der Waals surface area contributed by atoms with Gasteiger partial charge in [-0.1, -0.05) is 12.1 Å². The zero-order valence-electron chi connectivity index (χ0n) is 15.5. The van der Waals surface area contributed by atoms with Gasteiger partial charge in [0.05, 0.1) is 0 Å². The summed E-state index contributed by atoms with van der Waals surface area (Å²) in [5, 5.41) is 2.77. The smallest absolute Gasteiger partial charge is 0.387 e. The van der Waals surface area contributed by atoms with E-state index in [9.17, 15) is 18.4 Å². The fourth-order valence-electron chi connectivity index (χ4n) is 3.11. The van der Waals surface area contributed by atoms with Gasteiger partial charge in [0.1, 0.15) is 11.8 Å². The fraction of sp³-hybridized carbons (Fsp3) is 0.300. The van der Waals surface area contributed by atoms with Gasteiger partial charge in [-0.2, -0.15) is 8.78 Å². The number of piperidine rings is 1. The first-order valence-corrected chi connectivity index (χ1v) is 8.94. The number of nitrogens with one attached hydrogen (secondary N) is 1. The van der Waals surface area contributed by atoms with E-state index in [-0.39, 0.29) is 30.0 Å². The predicted octanol–water partition coefficient (Wildman–Crippen LogP) is 3.09. The summed E-state index contributed by atoms with van der Waals surface area (Å²) in [6, 6.07) is 12.1. The number of hydrogen-bond donors (Lipinski definition) is 2. The lowest BCUT2D eigenvalue weighted by atomic mass is 10.0. The molecule has 1 unspecified atom stereocenters. The van der Waals surface area contributed by atoms with Gasteiger partial charge in [-0.15, -0.1) is 12.4 Å². The SMILES string of the molecule is Cl.NCc1ccc(C(=O)NC2CCCN(c3ccc(OC(F)F)cc3)C2=O)cc1. The van der Waals surface area contributed by atoms with E-state index in [1.165, 1.54) is 17.0 Å². The van der Waals surface area contributed by atoms with E-state index in [0.29, 0.717) is 37.2 Å². The van der Waals surface area contributed by atoms with Gasteiger partial charge in [0.25, 0.3) is 5.91 Å². The number of alkyl halides is 2. The summed E-state index contributed by atoms with van der Waals surface area (Å²) in [6.07, 6.45) is 1.24. The molecule has 29 heavy (non-hydrogen) atoms. The number of anilines is 1. The molecule has 3 N–H and O–H groups in total. The van der Waals surface area contributed by atoms with Crippen molar-refractivity contribution >= 4 is 29.9 Å². The number of carbonyl (C=O) groups excluding carboxylic acids is 2. The molecule has 6 nitrogen and oxygen atoms in total. The largest absolute Gasteiger partial charge is 0.435 e. The third-order valence-corrected chi connectivity index (χ3v) is 4.57. The van der Waals surface area contributed by atoms with Crippen LogP contribution in [0, 0.1) is 0 Å². The summed E-state index contributed by atoms with van der Waals surface area (Å²) in [6.45, 7) is -2.02. The summed E-state index contributed by atoms with van der Waals surface area (Å²) in [5.74, 6) is -0.542. The monoisotopic (exact) mass is 425 g/mol. The zero-order chi connectivity index (χ0) is 20.1. The topological polar surface area (TPSA) is 84.7 Å². The third-order valence-electron chi connectivity index (χ3n) is 4.57. The first-order valence-electron chi connectivity index (χ1n) is 8.94. The molecule has 1 heterocycles. The minimum Gasteiger partial charge on any atom is -0.435 e. The molecule has 0 spiro atoms. The van der Waals surface area contributed by atoms with Gasteiger partial charge in [0, 0.05) is 24.3 Å². The molecular weight excluding hydrogens is 404 g/mol. The minimum atomic E-state index is -2.90. The number of halogens is 3. The van der Waals surface area contributed by atoms with Gasteiger partial charge in [-0.3, -0.25) is 9.59 Å². The van der Waals surface area contributed by atoms with Crippen LogP contribution >= 0.6 is 12.4 Å². The van der Waals surface area contributed by atoms with Gasteiger partial charge in [-0.25, -0.2) is 0 Å². The molecule has 1 fully saturated rings. The van der Waals surface area contributed by atoms with Crippen molar-refractivity contribution in [2.24, 2.45) is 5.73 Å². The predicted molar refractivity (Wildman–Crippen MR) is 107 cm³/mol. The van der Waals surface area contributed by atoms with Crippen molar-refractivity contribution in [2.75, 3.05) is 11.4 Å². The first-order chi connectivity index (χ1) is 13.5. The highest BCUT2D eigenvalue weighted by Gasteiger charge is 2.31. The number of nitrogens with zero attached hydrogens (tertiary/aromatic N) is 1. The van der Waals surface area contributed by atoms with Crippen LogP contribution in [0.5, 0.6) is 5.75 Å². The Bertz CT molecular complexity index is 832. The second-order valence-corrected chi connectivity index (χ2v) is 6.43. The molecule has 2 aromatic carbocycles. The lowest BCUT2D eigenvalue weighted by molar-refractivity contribution is -0.121. The average Bonchev–Trinajstić information content (AvgIpc) is 2.70. The molecule has 156 valence electrons. The molecule has 2 amide bonds. The lowest BCUT2D eigenvalue weighted by Crippen LogP contribution is -2.52. The van der Waals surface area contributed by atoms with Gasteiger partial charge in [0.2, 0.25) is 5.91 Å². The normalized spacial score (nSPS) is 16.3. The molecule has 0 bridgehead atoms. The van der Waals surface area contributed by atoms with E-state index < -0.39 is 12.7 Å². The molecule has 0 aromatic heterocycles. The van der Waals surface area contributed by atoms with E-state index in [0.717, 1.165) is 5.56 Å². The van der Waals surface area contributed by atoms with E-state index in [4.69, 9.17) is 5.73 Å². The second-order valence-electron chi connectivity index (χ2n) is 6.43. The van der Waals surface area contributed by atoms with Crippen molar-refractivity contribution in [3.05, 3.63) is 59.7 Å². The van der Waals surface area contributed by atoms with Gasteiger partial charge in [-0.05, 0) is 54.8 Å². The van der Waals surface area contributed by atoms with E-state index in [2.05, 4.69) is 10.1 Å². The molecule has 0 saturated carbocycles. The van der Waals surface area contributed by atoms with Crippen LogP contribution in [-0.2, 0) is 11.3 Å². The Morgan fingerprint density at radius 3 is 2.41 bits per heavy atom. The molecule has 1 aliphatic rings. The summed E-state index contributed by atoms with van der Waals surface area (Å²) >= 11 is 0. The van der Waals surface area contributed by atoms with E-state index in [1.54, 1.807) is 36.4 Å². The highest BCUT2D eigenvalue weighted by Crippen LogP contribution is 2.24. The standard InChI is InChI=1S/C20H21F2N3O3.ClH/c21-20(22)28-16-9-7-15(8-10-16)25-11-1-2-17(19(25)27)24-18(26)14-5-3-13(12-23)4-6-14;/h3-10,17,20H,1-2,11-12,23H2,(H,24,26);1H. The quantitative estimate of drug-likeness (QED) is 0.744. The second kappa shape index (κ2) is 10.2. The number of ether oxygens (including phenoxy) is 1. The summed E-state index contributed by atoms with van der Waals surface area (Å²) in [5.41, 5.74) is 7.49. The minimum absolute atomic E-state index is 0.